The van der Waals surface area contributed by atoms with E-state index in [2.05, 4.69) is 36.2 Å². The van der Waals surface area contributed by atoms with Gasteiger partial charge in [0.05, 0.1) is 4.47 Å². The van der Waals surface area contributed by atoms with Crippen molar-refractivity contribution in [2.24, 2.45) is 0 Å². The highest BCUT2D eigenvalue weighted by molar-refractivity contribution is 9.10. The molecule has 2 aromatic rings. The van der Waals surface area contributed by atoms with Gasteiger partial charge in [0.2, 0.25) is 11.9 Å². The van der Waals surface area contributed by atoms with E-state index in [1.165, 1.54) is 6.07 Å². The number of ether oxygens (including phenoxy) is 1. The maximum absolute atomic E-state index is 13.4. The van der Waals surface area contributed by atoms with E-state index >= 15 is 0 Å². The molecule has 20 heavy (non-hydrogen) atoms. The van der Waals surface area contributed by atoms with E-state index in [9.17, 15) is 4.39 Å². The fraction of sp³-hybridized carbons (Fsp3) is 0.250. The Bertz CT molecular complexity index is 623. The van der Waals surface area contributed by atoms with Crippen molar-refractivity contribution in [2.45, 2.75) is 0 Å². The summed E-state index contributed by atoms with van der Waals surface area (Å²) in [5.74, 6) is 0.704. The Balaban J connectivity index is 2.32. The maximum Gasteiger partial charge on any atom is 0.328 e. The second-order valence-corrected chi connectivity index (χ2v) is 4.92. The van der Waals surface area contributed by atoms with E-state index in [-0.39, 0.29) is 6.01 Å². The van der Waals surface area contributed by atoms with Crippen molar-refractivity contribution in [3.05, 3.63) is 28.5 Å². The van der Waals surface area contributed by atoms with Crippen LogP contribution >= 0.6 is 15.9 Å². The second kappa shape index (κ2) is 6.00. The number of hydrogen-bond acceptors (Lipinski definition) is 6. The predicted octanol–water partition coefficient (Wildman–Crippen LogP) is 2.67. The molecular formula is C12H13BrFN5O. The molecule has 106 valence electrons. The van der Waals surface area contributed by atoms with Crippen LogP contribution in [-0.2, 0) is 0 Å². The first-order chi connectivity index (χ1) is 9.49. The standard InChI is InChI=1S/C12H13BrFN5O/c1-15-10-16-11(19(2)3)18-12(17-10)20-7-4-5-8(13)9(14)6-7/h4-6H,1-3H3,(H,15,16,17,18). The molecule has 0 saturated heterocycles. The van der Waals surface area contributed by atoms with Gasteiger partial charge in [-0.3, -0.25) is 0 Å². The van der Waals surface area contributed by atoms with Gasteiger partial charge in [0.15, 0.2) is 0 Å². The van der Waals surface area contributed by atoms with Crippen LogP contribution < -0.4 is 15.0 Å². The van der Waals surface area contributed by atoms with E-state index < -0.39 is 5.82 Å². The van der Waals surface area contributed by atoms with Crippen molar-refractivity contribution < 1.29 is 9.13 Å². The molecule has 0 atom stereocenters. The van der Waals surface area contributed by atoms with Crippen LogP contribution in [0.3, 0.4) is 0 Å². The van der Waals surface area contributed by atoms with Crippen molar-refractivity contribution >= 4 is 27.8 Å². The Morgan fingerprint density at radius 1 is 1.25 bits per heavy atom. The van der Waals surface area contributed by atoms with Crippen molar-refractivity contribution in [3.63, 3.8) is 0 Å². The zero-order chi connectivity index (χ0) is 14.7. The molecule has 0 bridgehead atoms. The van der Waals surface area contributed by atoms with Gasteiger partial charge in [-0.25, -0.2) is 4.39 Å². The van der Waals surface area contributed by atoms with Crippen LogP contribution in [0.25, 0.3) is 0 Å². The van der Waals surface area contributed by atoms with E-state index in [1.54, 1.807) is 38.2 Å². The summed E-state index contributed by atoms with van der Waals surface area (Å²) < 4.78 is 19.3. The second-order valence-electron chi connectivity index (χ2n) is 4.06. The van der Waals surface area contributed by atoms with Gasteiger partial charge < -0.3 is 15.0 Å². The molecule has 8 heteroatoms. The first kappa shape index (κ1) is 14.4. The zero-order valence-electron chi connectivity index (χ0n) is 11.2. The minimum Gasteiger partial charge on any atom is -0.424 e. The quantitative estimate of drug-likeness (QED) is 0.922. The fourth-order valence-corrected chi connectivity index (χ4v) is 1.60. The number of aromatic nitrogens is 3. The van der Waals surface area contributed by atoms with Gasteiger partial charge in [0.1, 0.15) is 11.6 Å². The van der Waals surface area contributed by atoms with E-state index in [0.717, 1.165) is 0 Å². The topological polar surface area (TPSA) is 63.2 Å². The molecule has 1 aromatic heterocycles. The molecule has 0 aliphatic carbocycles. The lowest BCUT2D eigenvalue weighted by atomic mass is 10.3. The molecule has 0 aliphatic rings. The number of benzene rings is 1. The molecule has 0 amide bonds. The summed E-state index contributed by atoms with van der Waals surface area (Å²) in [5, 5.41) is 2.82. The molecule has 1 aromatic carbocycles. The van der Waals surface area contributed by atoms with E-state index in [1.807, 2.05) is 0 Å². The first-order valence-electron chi connectivity index (χ1n) is 5.73. The Hall–Kier alpha value is -1.96. The molecule has 1 heterocycles. The molecule has 1 N–H and O–H groups in total. The minimum atomic E-state index is -0.418. The summed E-state index contributed by atoms with van der Waals surface area (Å²) in [6.07, 6.45) is 0. The van der Waals surface area contributed by atoms with Gasteiger partial charge in [-0.15, -0.1) is 0 Å². The monoisotopic (exact) mass is 341 g/mol. The first-order valence-corrected chi connectivity index (χ1v) is 6.53. The SMILES string of the molecule is CNc1nc(Oc2ccc(Br)c(F)c2)nc(N(C)C)n1. The summed E-state index contributed by atoms with van der Waals surface area (Å²) >= 11 is 3.08. The molecule has 0 spiro atoms. The lowest BCUT2D eigenvalue weighted by molar-refractivity contribution is 0.436. The number of hydrogen-bond donors (Lipinski definition) is 1. The zero-order valence-corrected chi connectivity index (χ0v) is 12.8. The van der Waals surface area contributed by atoms with Crippen LogP contribution in [-0.4, -0.2) is 36.1 Å². The number of halogens is 2. The van der Waals surface area contributed by atoms with E-state index in [4.69, 9.17) is 4.74 Å². The van der Waals surface area contributed by atoms with Crippen LogP contribution in [0, 0.1) is 5.82 Å². The summed E-state index contributed by atoms with van der Waals surface area (Å²) in [6.45, 7) is 0. The van der Waals surface area contributed by atoms with Gasteiger partial charge >= 0.3 is 6.01 Å². The van der Waals surface area contributed by atoms with Crippen LogP contribution in [0.4, 0.5) is 16.3 Å². The Morgan fingerprint density at radius 3 is 2.60 bits per heavy atom. The largest absolute Gasteiger partial charge is 0.424 e. The Labute approximate surface area is 124 Å². The molecular weight excluding hydrogens is 329 g/mol. The Morgan fingerprint density at radius 2 is 2.00 bits per heavy atom. The van der Waals surface area contributed by atoms with Crippen molar-refractivity contribution in [1.29, 1.82) is 0 Å². The van der Waals surface area contributed by atoms with Gasteiger partial charge in [-0.05, 0) is 28.1 Å². The number of nitrogens with one attached hydrogen (secondary N) is 1. The molecule has 0 saturated carbocycles. The highest BCUT2D eigenvalue weighted by atomic mass is 79.9. The lowest BCUT2D eigenvalue weighted by Crippen LogP contribution is -2.15. The summed E-state index contributed by atoms with van der Waals surface area (Å²) in [6, 6.07) is 4.51. The third-order valence-corrected chi connectivity index (χ3v) is 2.97. The maximum atomic E-state index is 13.4. The summed E-state index contributed by atoms with van der Waals surface area (Å²) in [7, 11) is 5.30. The van der Waals surface area contributed by atoms with Gasteiger partial charge in [0, 0.05) is 27.2 Å². The van der Waals surface area contributed by atoms with Crippen LogP contribution in [0.1, 0.15) is 0 Å². The summed E-state index contributed by atoms with van der Waals surface area (Å²) in [4.78, 5) is 14.1. The molecule has 0 fully saturated rings. The smallest absolute Gasteiger partial charge is 0.328 e. The molecule has 2 rings (SSSR count). The average Bonchev–Trinajstić information content (AvgIpc) is 2.42. The van der Waals surface area contributed by atoms with Crippen LogP contribution in [0.5, 0.6) is 11.8 Å². The number of nitrogens with zero attached hydrogens (tertiary/aromatic N) is 4. The van der Waals surface area contributed by atoms with Crippen LogP contribution in [0.2, 0.25) is 0 Å². The minimum absolute atomic E-state index is 0.0924. The third-order valence-electron chi connectivity index (χ3n) is 2.33. The molecule has 0 radical (unpaired) electrons. The molecule has 0 unspecified atom stereocenters. The average molecular weight is 342 g/mol. The fourth-order valence-electron chi connectivity index (χ4n) is 1.35. The van der Waals surface area contributed by atoms with Gasteiger partial charge in [0.25, 0.3) is 0 Å². The molecule has 6 nitrogen and oxygen atoms in total. The third kappa shape index (κ3) is 3.32. The number of anilines is 2. The predicted molar refractivity (Wildman–Crippen MR) is 77.9 cm³/mol. The summed E-state index contributed by atoms with van der Waals surface area (Å²) in [5.41, 5.74) is 0. The van der Waals surface area contributed by atoms with E-state index in [0.29, 0.717) is 22.1 Å². The highest BCUT2D eigenvalue weighted by Gasteiger charge is 2.10. The lowest BCUT2D eigenvalue weighted by Gasteiger charge is -2.12. The van der Waals surface area contributed by atoms with Crippen molar-refractivity contribution in [2.75, 3.05) is 31.4 Å². The number of rotatable bonds is 4. The normalized spacial score (nSPS) is 10.2. The van der Waals surface area contributed by atoms with Crippen LogP contribution in [0.15, 0.2) is 22.7 Å². The van der Waals surface area contributed by atoms with Gasteiger partial charge in [-0.1, -0.05) is 0 Å². The van der Waals surface area contributed by atoms with Gasteiger partial charge in [-0.2, -0.15) is 15.0 Å². The van der Waals surface area contributed by atoms with Crippen molar-refractivity contribution in [3.8, 4) is 11.8 Å². The molecule has 0 aliphatic heterocycles. The van der Waals surface area contributed by atoms with Crippen molar-refractivity contribution in [1.82, 2.24) is 15.0 Å². The highest BCUT2D eigenvalue weighted by Crippen LogP contribution is 2.25. The Kier molecular flexibility index (Phi) is 4.33.